The summed E-state index contributed by atoms with van der Waals surface area (Å²) in [5.74, 6) is -0.244. The summed E-state index contributed by atoms with van der Waals surface area (Å²) in [4.78, 5) is 22.4. The first-order valence-electron chi connectivity index (χ1n) is 5.64. The van der Waals surface area contributed by atoms with Crippen molar-refractivity contribution in [3.8, 4) is 5.75 Å². The molecule has 0 saturated heterocycles. The molecule has 1 aliphatic heterocycles. The minimum absolute atomic E-state index is 0. The van der Waals surface area contributed by atoms with Crippen molar-refractivity contribution < 1.29 is 14.3 Å². The third-order valence-corrected chi connectivity index (χ3v) is 2.77. The normalized spacial score (nSPS) is 17.6. The van der Waals surface area contributed by atoms with Gasteiger partial charge < -0.3 is 21.5 Å². The Labute approximate surface area is 116 Å². The van der Waals surface area contributed by atoms with Crippen molar-refractivity contribution in [2.45, 2.75) is 18.5 Å². The number of halogens is 1. The van der Waals surface area contributed by atoms with E-state index in [0.29, 0.717) is 6.61 Å². The molecule has 2 unspecified atom stereocenters. The van der Waals surface area contributed by atoms with Gasteiger partial charge in [0, 0.05) is 5.56 Å². The predicted molar refractivity (Wildman–Crippen MR) is 71.9 cm³/mol. The Morgan fingerprint density at radius 2 is 2.11 bits per heavy atom. The molecule has 19 heavy (non-hydrogen) atoms. The zero-order valence-corrected chi connectivity index (χ0v) is 11.0. The Morgan fingerprint density at radius 1 is 1.42 bits per heavy atom. The van der Waals surface area contributed by atoms with Crippen molar-refractivity contribution in [3.05, 3.63) is 29.8 Å². The molecule has 6 nitrogen and oxygen atoms in total. The SMILES string of the molecule is Cl.NC(=O)CC(N)C(=O)NC1COc2ccccc21. The first-order chi connectivity index (χ1) is 8.58. The highest BCUT2D eigenvalue weighted by Crippen LogP contribution is 2.31. The second-order valence-electron chi connectivity index (χ2n) is 4.19. The zero-order valence-electron chi connectivity index (χ0n) is 10.2. The average Bonchev–Trinajstić information content (AvgIpc) is 2.72. The number of fused-ring (bicyclic) bond motifs is 1. The lowest BCUT2D eigenvalue weighted by Crippen LogP contribution is -2.44. The fourth-order valence-electron chi connectivity index (χ4n) is 1.87. The van der Waals surface area contributed by atoms with Crippen LogP contribution in [0.2, 0.25) is 0 Å². The maximum absolute atomic E-state index is 11.7. The average molecular weight is 286 g/mol. The fraction of sp³-hybridized carbons (Fsp3) is 0.333. The summed E-state index contributed by atoms with van der Waals surface area (Å²) < 4.78 is 5.43. The molecule has 0 bridgehead atoms. The van der Waals surface area contributed by atoms with Crippen molar-refractivity contribution in [3.63, 3.8) is 0 Å². The summed E-state index contributed by atoms with van der Waals surface area (Å²) in [6, 6.07) is 6.30. The number of primary amides is 1. The van der Waals surface area contributed by atoms with E-state index in [0.717, 1.165) is 11.3 Å². The van der Waals surface area contributed by atoms with E-state index in [9.17, 15) is 9.59 Å². The molecule has 2 rings (SSSR count). The molecule has 0 spiro atoms. The van der Waals surface area contributed by atoms with Gasteiger partial charge in [0.05, 0.1) is 18.5 Å². The summed E-state index contributed by atoms with van der Waals surface area (Å²) in [7, 11) is 0. The van der Waals surface area contributed by atoms with Gasteiger partial charge in [-0.1, -0.05) is 18.2 Å². The van der Waals surface area contributed by atoms with Crippen LogP contribution < -0.4 is 21.5 Å². The third kappa shape index (κ3) is 3.59. The minimum Gasteiger partial charge on any atom is -0.491 e. The van der Waals surface area contributed by atoms with Crippen LogP contribution in [0.5, 0.6) is 5.75 Å². The lowest BCUT2D eigenvalue weighted by molar-refractivity contribution is -0.126. The van der Waals surface area contributed by atoms with Gasteiger partial charge in [-0.15, -0.1) is 12.4 Å². The Kier molecular flexibility index (Phi) is 5.14. The van der Waals surface area contributed by atoms with Gasteiger partial charge >= 0.3 is 0 Å². The van der Waals surface area contributed by atoms with E-state index in [1.165, 1.54) is 0 Å². The Balaban J connectivity index is 0.00000180. The standard InChI is InChI=1S/C12H15N3O3.ClH/c13-8(5-11(14)16)12(17)15-9-6-18-10-4-2-1-3-7(9)10;/h1-4,8-9H,5-6,13H2,(H2,14,16)(H,15,17);1H. The molecular weight excluding hydrogens is 270 g/mol. The lowest BCUT2D eigenvalue weighted by Gasteiger charge is -2.15. The van der Waals surface area contributed by atoms with Crippen LogP contribution in [-0.2, 0) is 9.59 Å². The quantitative estimate of drug-likeness (QED) is 0.715. The van der Waals surface area contributed by atoms with Gasteiger partial charge in [-0.05, 0) is 6.07 Å². The molecule has 2 atom stereocenters. The van der Waals surface area contributed by atoms with E-state index in [2.05, 4.69) is 5.32 Å². The van der Waals surface area contributed by atoms with E-state index >= 15 is 0 Å². The Hall–Kier alpha value is -1.79. The van der Waals surface area contributed by atoms with Crippen LogP contribution in [0.15, 0.2) is 24.3 Å². The summed E-state index contributed by atoms with van der Waals surface area (Å²) in [5.41, 5.74) is 11.5. The first-order valence-corrected chi connectivity index (χ1v) is 5.64. The van der Waals surface area contributed by atoms with Gasteiger partial charge in [-0.2, -0.15) is 0 Å². The largest absolute Gasteiger partial charge is 0.491 e. The van der Waals surface area contributed by atoms with E-state index < -0.39 is 17.9 Å². The molecule has 1 heterocycles. The summed E-state index contributed by atoms with van der Waals surface area (Å²) >= 11 is 0. The van der Waals surface area contributed by atoms with Gasteiger partial charge in [-0.25, -0.2) is 0 Å². The maximum atomic E-state index is 11.7. The van der Waals surface area contributed by atoms with E-state index in [4.69, 9.17) is 16.2 Å². The summed E-state index contributed by atoms with van der Waals surface area (Å²) in [6.07, 6.45) is -0.166. The molecule has 1 aliphatic rings. The number of hydrogen-bond donors (Lipinski definition) is 3. The number of carbonyl (C=O) groups excluding carboxylic acids is 2. The van der Waals surface area contributed by atoms with Crippen LogP contribution in [0.1, 0.15) is 18.0 Å². The van der Waals surface area contributed by atoms with Gasteiger partial charge in [0.1, 0.15) is 12.4 Å². The van der Waals surface area contributed by atoms with Crippen LogP contribution in [0, 0.1) is 0 Å². The molecule has 0 aliphatic carbocycles. The van der Waals surface area contributed by atoms with Crippen molar-refractivity contribution in [1.29, 1.82) is 0 Å². The van der Waals surface area contributed by atoms with Crippen LogP contribution in [0.25, 0.3) is 0 Å². The Morgan fingerprint density at radius 3 is 2.79 bits per heavy atom. The molecule has 5 N–H and O–H groups in total. The van der Waals surface area contributed by atoms with E-state index in [1.807, 2.05) is 24.3 Å². The number of rotatable bonds is 4. The fourth-order valence-corrected chi connectivity index (χ4v) is 1.87. The van der Waals surface area contributed by atoms with Gasteiger partial charge in [-0.3, -0.25) is 9.59 Å². The molecule has 0 saturated carbocycles. The number of amides is 2. The van der Waals surface area contributed by atoms with Gasteiger partial charge in [0.2, 0.25) is 11.8 Å². The molecule has 0 aromatic heterocycles. The highest BCUT2D eigenvalue weighted by molar-refractivity contribution is 5.87. The molecule has 104 valence electrons. The molecule has 2 amide bonds. The van der Waals surface area contributed by atoms with Gasteiger partial charge in [0.15, 0.2) is 0 Å². The number of nitrogens with one attached hydrogen (secondary N) is 1. The van der Waals surface area contributed by atoms with Crippen molar-refractivity contribution in [2.24, 2.45) is 11.5 Å². The molecule has 1 aromatic rings. The van der Waals surface area contributed by atoms with Crippen LogP contribution >= 0.6 is 12.4 Å². The lowest BCUT2D eigenvalue weighted by atomic mass is 10.1. The highest BCUT2D eigenvalue weighted by atomic mass is 35.5. The van der Waals surface area contributed by atoms with Crippen molar-refractivity contribution >= 4 is 24.2 Å². The molecule has 1 aromatic carbocycles. The number of benzene rings is 1. The van der Waals surface area contributed by atoms with Crippen LogP contribution in [-0.4, -0.2) is 24.5 Å². The van der Waals surface area contributed by atoms with Gasteiger partial charge in [0.25, 0.3) is 0 Å². The number of hydrogen-bond acceptors (Lipinski definition) is 4. The molecule has 0 fully saturated rings. The topological polar surface area (TPSA) is 107 Å². The zero-order chi connectivity index (χ0) is 13.1. The van der Waals surface area contributed by atoms with Crippen molar-refractivity contribution in [1.82, 2.24) is 5.32 Å². The summed E-state index contributed by atoms with van der Waals surface area (Å²) in [5, 5.41) is 2.74. The molecule has 0 radical (unpaired) electrons. The number of para-hydroxylation sites is 1. The molecular formula is C12H16ClN3O3. The highest BCUT2D eigenvalue weighted by Gasteiger charge is 2.27. The second-order valence-corrected chi connectivity index (χ2v) is 4.19. The number of ether oxygens (including phenoxy) is 1. The number of nitrogens with two attached hydrogens (primary N) is 2. The first kappa shape index (κ1) is 15.3. The molecule has 7 heteroatoms. The second kappa shape index (κ2) is 6.40. The van der Waals surface area contributed by atoms with E-state index in [-0.39, 0.29) is 24.9 Å². The number of carbonyl (C=O) groups is 2. The van der Waals surface area contributed by atoms with E-state index in [1.54, 1.807) is 0 Å². The minimum atomic E-state index is -0.921. The summed E-state index contributed by atoms with van der Waals surface area (Å²) in [6.45, 7) is 0.369. The third-order valence-electron chi connectivity index (χ3n) is 2.77. The van der Waals surface area contributed by atoms with Crippen LogP contribution in [0.4, 0.5) is 0 Å². The van der Waals surface area contributed by atoms with Crippen molar-refractivity contribution in [2.75, 3.05) is 6.61 Å². The monoisotopic (exact) mass is 285 g/mol. The predicted octanol–water partition coefficient (Wildman–Crippen LogP) is -0.139. The smallest absolute Gasteiger partial charge is 0.238 e. The maximum Gasteiger partial charge on any atom is 0.238 e. The Bertz CT molecular complexity index is 481. The van der Waals surface area contributed by atoms with Crippen LogP contribution in [0.3, 0.4) is 0 Å².